The molecule has 1 aliphatic heterocycles. The lowest BCUT2D eigenvalue weighted by atomic mass is 9.96. The Morgan fingerprint density at radius 3 is 2.62 bits per heavy atom. The molecule has 0 radical (unpaired) electrons. The Hall–Kier alpha value is -2.69. The van der Waals surface area contributed by atoms with Gasteiger partial charge in [0.2, 0.25) is 0 Å². The van der Waals surface area contributed by atoms with Gasteiger partial charge >= 0.3 is 16.5 Å². The molecule has 0 aliphatic carbocycles. The molecule has 3 rings (SSSR count). The van der Waals surface area contributed by atoms with Gasteiger partial charge < -0.3 is 13.7 Å². The van der Waals surface area contributed by atoms with Crippen molar-refractivity contribution in [1.29, 1.82) is 0 Å². The molecule has 32 heavy (non-hydrogen) atoms. The minimum atomic E-state index is -4.42. The third-order valence-electron chi connectivity index (χ3n) is 4.22. The van der Waals surface area contributed by atoms with Crippen LogP contribution in [-0.2, 0) is 19.4 Å². The molecule has 0 aromatic heterocycles. The van der Waals surface area contributed by atoms with E-state index in [0.717, 1.165) is 5.56 Å². The first-order valence-corrected chi connectivity index (χ1v) is 11.6. The zero-order valence-corrected chi connectivity index (χ0v) is 19.4. The number of hydrogen-bond donors (Lipinski definition) is 1. The molecule has 12 heteroatoms. The largest absolute Gasteiger partial charge is 0.521 e. The number of nitrogens with one attached hydrogen (secondary N) is 1. The maximum absolute atomic E-state index is 11.8. The van der Waals surface area contributed by atoms with E-state index < -0.39 is 16.5 Å². The van der Waals surface area contributed by atoms with Crippen LogP contribution in [0.2, 0.25) is 10.0 Å². The van der Waals surface area contributed by atoms with E-state index in [4.69, 9.17) is 36.9 Å². The van der Waals surface area contributed by atoms with Gasteiger partial charge in [0, 0.05) is 24.3 Å². The second kappa shape index (κ2) is 10.3. The van der Waals surface area contributed by atoms with Crippen LogP contribution < -0.4 is 14.2 Å². The maximum Gasteiger partial charge on any atom is 0.521 e. The normalized spacial score (nSPS) is 15.8. The first-order chi connectivity index (χ1) is 15.1. The number of fused-ring (bicyclic) bond motifs is 1. The van der Waals surface area contributed by atoms with Crippen LogP contribution in [0.5, 0.6) is 11.5 Å². The summed E-state index contributed by atoms with van der Waals surface area (Å²) in [7, 11) is -4.42. The molecule has 1 heterocycles. The Morgan fingerprint density at radius 2 is 1.91 bits per heavy atom. The van der Waals surface area contributed by atoms with E-state index in [1.54, 1.807) is 18.2 Å². The summed E-state index contributed by atoms with van der Waals surface area (Å²) in [6, 6.07) is 9.20. The minimum absolute atomic E-state index is 0.0646. The van der Waals surface area contributed by atoms with E-state index in [0.29, 0.717) is 11.4 Å². The Balaban J connectivity index is 1.49. The Bertz CT molecular complexity index is 1120. The van der Waals surface area contributed by atoms with Gasteiger partial charge in [-0.05, 0) is 36.2 Å². The molecule has 172 valence electrons. The smallest absolute Gasteiger partial charge is 0.493 e. The van der Waals surface area contributed by atoms with Gasteiger partial charge in [0.25, 0.3) is 0 Å². The van der Waals surface area contributed by atoms with Crippen molar-refractivity contribution in [3.05, 3.63) is 52.0 Å². The first kappa shape index (κ1) is 24.0. The number of carbonyl (C=O) groups excluding carboxylic acids is 1. The highest BCUT2D eigenvalue weighted by Crippen LogP contribution is 2.37. The molecular weight excluding hydrogens is 483 g/mol. The fourth-order valence-electron chi connectivity index (χ4n) is 2.82. The van der Waals surface area contributed by atoms with Crippen molar-refractivity contribution in [3.63, 3.8) is 0 Å². The third-order valence-corrected chi connectivity index (χ3v) is 5.62. The molecule has 1 N–H and O–H groups in total. The fraction of sp³-hybridized carbons (Fsp3) is 0.300. The van der Waals surface area contributed by atoms with Gasteiger partial charge in [-0.2, -0.15) is 0 Å². The average molecular weight is 503 g/mol. The van der Waals surface area contributed by atoms with Crippen molar-refractivity contribution in [2.75, 3.05) is 11.9 Å². The summed E-state index contributed by atoms with van der Waals surface area (Å²) in [5, 5.41) is 6.43. The summed E-state index contributed by atoms with van der Waals surface area (Å²) in [5.74, 6) is 0.594. The summed E-state index contributed by atoms with van der Waals surface area (Å²) in [6.45, 7) is 4.12. The number of halogens is 2. The van der Waals surface area contributed by atoms with Crippen molar-refractivity contribution in [2.24, 2.45) is 11.1 Å². The summed E-state index contributed by atoms with van der Waals surface area (Å²) < 4.78 is 43.7. The van der Waals surface area contributed by atoms with Crippen molar-refractivity contribution >= 4 is 51.6 Å². The predicted octanol–water partition coefficient (Wildman–Crippen LogP) is 5.35. The number of oxime groups is 1. The fourth-order valence-corrected chi connectivity index (χ4v) is 3.64. The molecule has 0 saturated heterocycles. The van der Waals surface area contributed by atoms with Crippen LogP contribution in [0.4, 0.5) is 10.5 Å². The molecule has 0 spiro atoms. The van der Waals surface area contributed by atoms with Crippen LogP contribution in [0.3, 0.4) is 0 Å². The van der Waals surface area contributed by atoms with E-state index in [2.05, 4.69) is 14.8 Å². The highest BCUT2D eigenvalue weighted by molar-refractivity contribution is 7.82. The molecule has 0 saturated carbocycles. The number of carbonyl (C=O) groups is 1. The monoisotopic (exact) mass is 502 g/mol. The number of nitrogens with zero attached hydrogens (tertiary/aromatic N) is 1. The average Bonchev–Trinajstić information content (AvgIpc) is 2.72. The molecule has 1 amide bonds. The topological polar surface area (TPSA) is 113 Å². The Morgan fingerprint density at radius 1 is 1.16 bits per heavy atom. The molecule has 1 aliphatic rings. The van der Waals surface area contributed by atoms with E-state index >= 15 is 0 Å². The number of amides is 1. The van der Waals surface area contributed by atoms with Gasteiger partial charge in [0.15, 0.2) is 0 Å². The number of anilines is 1. The van der Waals surface area contributed by atoms with Crippen LogP contribution in [0.1, 0.15) is 31.9 Å². The van der Waals surface area contributed by atoms with Gasteiger partial charge in [0.1, 0.15) is 17.6 Å². The zero-order valence-electron chi connectivity index (χ0n) is 17.1. The van der Waals surface area contributed by atoms with Crippen molar-refractivity contribution < 1.29 is 31.2 Å². The third kappa shape index (κ3) is 6.41. The van der Waals surface area contributed by atoms with Crippen LogP contribution in [-0.4, -0.2) is 27.3 Å². The van der Waals surface area contributed by atoms with E-state index in [1.807, 2.05) is 13.8 Å². The van der Waals surface area contributed by atoms with E-state index in [-0.39, 0.29) is 40.8 Å². The zero-order chi connectivity index (χ0) is 23.3. The molecule has 2 aromatic rings. The lowest BCUT2D eigenvalue weighted by Crippen LogP contribution is -2.27. The molecule has 1 atom stereocenters. The number of hydrogen-bond acceptors (Lipinski definition) is 8. The number of rotatable bonds is 9. The molecule has 1 unspecified atom stereocenters. The van der Waals surface area contributed by atoms with Crippen molar-refractivity contribution in [3.8, 4) is 11.5 Å². The number of benzene rings is 2. The Labute approximate surface area is 195 Å². The predicted molar refractivity (Wildman–Crippen MR) is 120 cm³/mol. The lowest BCUT2D eigenvalue weighted by molar-refractivity contribution is 0.0774. The maximum atomic E-state index is 11.8. The van der Waals surface area contributed by atoms with E-state index in [9.17, 15) is 13.2 Å². The summed E-state index contributed by atoms with van der Waals surface area (Å²) in [6.07, 6.45) is 0.631. The second-order valence-corrected chi connectivity index (χ2v) is 8.96. The Kier molecular flexibility index (Phi) is 7.70. The highest BCUT2D eigenvalue weighted by Gasteiger charge is 2.29. The molecule has 0 bridgehead atoms. The molecule has 9 nitrogen and oxygen atoms in total. The summed E-state index contributed by atoms with van der Waals surface area (Å²) in [5.41, 5.74) is 1.49. The second-order valence-electron chi connectivity index (χ2n) is 7.01. The summed E-state index contributed by atoms with van der Waals surface area (Å²) >= 11 is 11.6. The quantitative estimate of drug-likeness (QED) is 0.279. The highest BCUT2D eigenvalue weighted by atomic mass is 35.5. The van der Waals surface area contributed by atoms with E-state index in [1.165, 1.54) is 24.4 Å². The first-order valence-electron chi connectivity index (χ1n) is 9.49. The van der Waals surface area contributed by atoms with Gasteiger partial charge in [-0.3, -0.25) is 5.32 Å². The van der Waals surface area contributed by atoms with Gasteiger partial charge in [0.05, 0.1) is 22.3 Å². The van der Waals surface area contributed by atoms with Gasteiger partial charge in [-0.25, -0.2) is 9.08 Å². The van der Waals surface area contributed by atoms with Crippen molar-refractivity contribution in [2.45, 2.75) is 26.4 Å². The summed E-state index contributed by atoms with van der Waals surface area (Å²) in [4.78, 5) is 11.6. The van der Waals surface area contributed by atoms with Gasteiger partial charge in [-0.15, -0.1) is 8.42 Å². The number of ether oxygens (including phenoxy) is 2. The van der Waals surface area contributed by atoms with Crippen LogP contribution in [0.15, 0.2) is 41.6 Å². The molecule has 2 aromatic carbocycles. The van der Waals surface area contributed by atoms with Gasteiger partial charge in [-0.1, -0.05) is 42.2 Å². The molecular formula is C20H20Cl2N2O7S. The van der Waals surface area contributed by atoms with Crippen LogP contribution >= 0.6 is 23.2 Å². The lowest BCUT2D eigenvalue weighted by Gasteiger charge is -2.29. The number of cyclic esters (lactones) is 1. The van der Waals surface area contributed by atoms with Crippen molar-refractivity contribution in [1.82, 2.24) is 0 Å². The standard InChI is InChI=1S/C20H20Cl2N2O7S/c1-12(2)19-15-10-13(5-7-18(15)24-20(25)29-19)28-9-3-8-23-31-32(26,27)30-14-4-6-16(21)17(22)11-14/h4-8,10-12,19H,3,9H2,1-2H3,(H,24,25). The minimum Gasteiger partial charge on any atom is -0.493 e. The molecule has 0 fully saturated rings. The SMILES string of the molecule is CC(C)C1OC(=O)Nc2ccc(OCCC=NOS(=O)(=O)Oc3ccc(Cl)c(Cl)c3)cc21. The van der Waals surface area contributed by atoms with Crippen LogP contribution in [0, 0.1) is 5.92 Å². The van der Waals surface area contributed by atoms with Crippen LogP contribution in [0.25, 0.3) is 0 Å².